The number of aromatic nitrogens is 2. The number of hydrogen-bond donors (Lipinski definition) is 1. The average Bonchev–Trinajstić information content (AvgIpc) is 2.86. The molecule has 0 aliphatic rings. The Morgan fingerprint density at radius 2 is 2.26 bits per heavy atom. The van der Waals surface area contributed by atoms with Gasteiger partial charge in [-0.05, 0) is 19.1 Å². The highest BCUT2D eigenvalue weighted by Gasteiger charge is 2.10. The predicted octanol–water partition coefficient (Wildman–Crippen LogP) is 2.61. The van der Waals surface area contributed by atoms with E-state index >= 15 is 0 Å². The smallest absolute Gasteiger partial charge is 0.135 e. The molecule has 6 heteroatoms. The Bertz CT molecular complexity index is 529. The maximum atomic E-state index is 5.24. The van der Waals surface area contributed by atoms with E-state index in [4.69, 9.17) is 4.74 Å². The van der Waals surface area contributed by atoms with Crippen LogP contribution in [0.25, 0.3) is 0 Å². The third-order valence-corrected chi connectivity index (χ3v) is 3.50. The molecule has 102 valence electrons. The first-order valence-electron chi connectivity index (χ1n) is 6.15. The van der Waals surface area contributed by atoms with Crippen molar-refractivity contribution in [2.24, 2.45) is 0 Å². The zero-order valence-corrected chi connectivity index (χ0v) is 12.2. The van der Waals surface area contributed by atoms with Crippen molar-refractivity contribution in [3.8, 4) is 5.75 Å². The standard InChI is InChI=1S/C13H18N4OS/c1-4-14-13-12(15-16-19-13)9-17(2)10-6-5-7-11(8-10)18-3/h5-8,14H,4,9H2,1-3H3. The molecule has 0 amide bonds. The van der Waals surface area contributed by atoms with Gasteiger partial charge in [0.15, 0.2) is 0 Å². The molecule has 5 nitrogen and oxygen atoms in total. The van der Waals surface area contributed by atoms with Crippen LogP contribution in [0.15, 0.2) is 24.3 Å². The molecule has 0 aliphatic heterocycles. The fourth-order valence-corrected chi connectivity index (χ4v) is 2.41. The van der Waals surface area contributed by atoms with Gasteiger partial charge in [0.1, 0.15) is 16.4 Å². The third-order valence-electron chi connectivity index (χ3n) is 2.77. The molecule has 1 aromatic heterocycles. The molecule has 19 heavy (non-hydrogen) atoms. The third kappa shape index (κ3) is 3.35. The second-order valence-corrected chi connectivity index (χ2v) is 4.89. The van der Waals surface area contributed by atoms with Crippen molar-refractivity contribution in [2.45, 2.75) is 13.5 Å². The minimum atomic E-state index is 0.714. The summed E-state index contributed by atoms with van der Waals surface area (Å²) in [5.41, 5.74) is 2.06. The molecule has 0 bridgehead atoms. The first-order chi connectivity index (χ1) is 9.24. The monoisotopic (exact) mass is 278 g/mol. The predicted molar refractivity (Wildman–Crippen MR) is 79.2 cm³/mol. The highest BCUT2D eigenvalue weighted by Crippen LogP contribution is 2.24. The van der Waals surface area contributed by atoms with Crippen LogP contribution in [-0.2, 0) is 6.54 Å². The van der Waals surface area contributed by atoms with Gasteiger partial charge in [-0.25, -0.2) is 0 Å². The molecule has 2 rings (SSSR count). The summed E-state index contributed by atoms with van der Waals surface area (Å²) in [6.45, 7) is 3.65. The van der Waals surface area contributed by atoms with Crippen molar-refractivity contribution >= 4 is 22.2 Å². The van der Waals surface area contributed by atoms with Gasteiger partial charge in [0.25, 0.3) is 0 Å². The summed E-state index contributed by atoms with van der Waals surface area (Å²) in [6.07, 6.45) is 0. The van der Waals surface area contributed by atoms with Gasteiger partial charge in [0.2, 0.25) is 0 Å². The lowest BCUT2D eigenvalue weighted by atomic mass is 10.2. The van der Waals surface area contributed by atoms with Crippen molar-refractivity contribution in [1.29, 1.82) is 0 Å². The molecule has 1 N–H and O–H groups in total. The number of benzene rings is 1. The van der Waals surface area contributed by atoms with Gasteiger partial charge >= 0.3 is 0 Å². The fraction of sp³-hybridized carbons (Fsp3) is 0.385. The average molecular weight is 278 g/mol. The lowest BCUT2D eigenvalue weighted by Crippen LogP contribution is -2.17. The van der Waals surface area contributed by atoms with Crippen molar-refractivity contribution < 1.29 is 4.74 Å². The van der Waals surface area contributed by atoms with E-state index in [2.05, 4.69) is 32.8 Å². The van der Waals surface area contributed by atoms with Crippen LogP contribution in [0.4, 0.5) is 10.7 Å². The largest absolute Gasteiger partial charge is 0.497 e. The summed E-state index contributed by atoms with van der Waals surface area (Å²) >= 11 is 1.40. The van der Waals surface area contributed by atoms with Crippen LogP contribution in [0.3, 0.4) is 0 Å². The van der Waals surface area contributed by atoms with Crippen LogP contribution in [0, 0.1) is 0 Å². The van der Waals surface area contributed by atoms with E-state index in [1.165, 1.54) is 11.5 Å². The molecule has 0 unspecified atom stereocenters. The first kappa shape index (κ1) is 13.6. The van der Waals surface area contributed by atoms with Gasteiger partial charge in [-0.3, -0.25) is 0 Å². The summed E-state index contributed by atoms with van der Waals surface area (Å²) < 4.78 is 9.24. The molecule has 0 spiro atoms. The summed E-state index contributed by atoms with van der Waals surface area (Å²) in [7, 11) is 3.70. The van der Waals surface area contributed by atoms with Gasteiger partial charge in [-0.1, -0.05) is 10.6 Å². The van der Waals surface area contributed by atoms with Crippen LogP contribution >= 0.6 is 11.5 Å². The number of nitrogens with zero attached hydrogens (tertiary/aromatic N) is 3. The van der Waals surface area contributed by atoms with Crippen LogP contribution < -0.4 is 15.0 Å². The topological polar surface area (TPSA) is 50.3 Å². The zero-order chi connectivity index (χ0) is 13.7. The van der Waals surface area contributed by atoms with Crippen LogP contribution in [0.2, 0.25) is 0 Å². The molecule has 0 fully saturated rings. The van der Waals surface area contributed by atoms with Crippen molar-refractivity contribution in [2.75, 3.05) is 30.9 Å². The Morgan fingerprint density at radius 1 is 1.42 bits per heavy atom. The van der Waals surface area contributed by atoms with Gasteiger partial charge in [0, 0.05) is 36.9 Å². The Labute approximate surface area is 117 Å². The fourth-order valence-electron chi connectivity index (χ4n) is 1.77. The second kappa shape index (κ2) is 6.38. The summed E-state index contributed by atoms with van der Waals surface area (Å²) in [6, 6.07) is 7.98. The van der Waals surface area contributed by atoms with E-state index in [0.717, 1.165) is 28.7 Å². The summed E-state index contributed by atoms with van der Waals surface area (Å²) in [5, 5.41) is 8.49. The number of nitrogens with one attached hydrogen (secondary N) is 1. The van der Waals surface area contributed by atoms with E-state index in [0.29, 0.717) is 6.54 Å². The zero-order valence-electron chi connectivity index (χ0n) is 11.4. The van der Waals surface area contributed by atoms with Crippen molar-refractivity contribution in [3.63, 3.8) is 0 Å². The van der Waals surface area contributed by atoms with Gasteiger partial charge < -0.3 is 15.0 Å². The molecule has 0 radical (unpaired) electrons. The van der Waals surface area contributed by atoms with Crippen LogP contribution in [0.1, 0.15) is 12.6 Å². The number of hydrogen-bond acceptors (Lipinski definition) is 6. The minimum absolute atomic E-state index is 0.714. The quantitative estimate of drug-likeness (QED) is 0.880. The van der Waals surface area contributed by atoms with Gasteiger partial charge in [-0.2, -0.15) is 0 Å². The Kier molecular flexibility index (Phi) is 4.57. The molecular formula is C13H18N4OS. The molecule has 1 heterocycles. The maximum Gasteiger partial charge on any atom is 0.135 e. The summed E-state index contributed by atoms with van der Waals surface area (Å²) in [4.78, 5) is 2.13. The van der Waals surface area contributed by atoms with E-state index < -0.39 is 0 Å². The normalized spacial score (nSPS) is 10.3. The van der Waals surface area contributed by atoms with Gasteiger partial charge in [-0.15, -0.1) is 5.10 Å². The van der Waals surface area contributed by atoms with Crippen molar-refractivity contribution in [1.82, 2.24) is 9.59 Å². The molecule has 0 aliphatic carbocycles. The molecular weight excluding hydrogens is 260 g/mol. The SMILES string of the molecule is CCNc1snnc1CN(C)c1cccc(OC)c1. The Balaban J connectivity index is 2.11. The molecule has 0 atom stereocenters. The first-order valence-corrected chi connectivity index (χ1v) is 6.92. The van der Waals surface area contributed by atoms with Crippen LogP contribution in [-0.4, -0.2) is 30.3 Å². The lowest BCUT2D eigenvalue weighted by Gasteiger charge is -2.19. The second-order valence-electron chi connectivity index (χ2n) is 4.14. The lowest BCUT2D eigenvalue weighted by molar-refractivity contribution is 0.415. The van der Waals surface area contributed by atoms with E-state index in [1.54, 1.807) is 7.11 Å². The number of ether oxygens (including phenoxy) is 1. The van der Waals surface area contributed by atoms with E-state index in [9.17, 15) is 0 Å². The van der Waals surface area contributed by atoms with E-state index in [1.807, 2.05) is 25.2 Å². The number of methoxy groups -OCH3 is 1. The molecule has 0 saturated heterocycles. The highest BCUT2D eigenvalue weighted by molar-refractivity contribution is 7.10. The van der Waals surface area contributed by atoms with E-state index in [-0.39, 0.29) is 0 Å². The molecule has 0 saturated carbocycles. The van der Waals surface area contributed by atoms with Crippen molar-refractivity contribution in [3.05, 3.63) is 30.0 Å². The van der Waals surface area contributed by atoms with Gasteiger partial charge in [0.05, 0.1) is 13.7 Å². The maximum absolute atomic E-state index is 5.24. The minimum Gasteiger partial charge on any atom is -0.497 e. The Morgan fingerprint density at radius 3 is 3.00 bits per heavy atom. The highest BCUT2D eigenvalue weighted by atomic mass is 32.1. The summed E-state index contributed by atoms with van der Waals surface area (Å²) in [5.74, 6) is 0.854. The Hall–Kier alpha value is -1.82. The molecule has 1 aromatic carbocycles. The number of rotatable bonds is 6. The van der Waals surface area contributed by atoms with Crippen LogP contribution in [0.5, 0.6) is 5.75 Å². The molecule has 2 aromatic rings. The number of anilines is 2.